The first kappa shape index (κ1) is 10.0. The molecule has 1 aromatic carbocycles. The molecule has 1 heterocycles. The van der Waals surface area contributed by atoms with Gasteiger partial charge < -0.3 is 14.3 Å². The minimum atomic E-state index is -0.695. The number of carbonyl (C=O) groups excluding carboxylic acids is 1. The average molecular weight is 271 g/mol. The maximum Gasteiger partial charge on any atom is 0.377 e. The molecule has 5 heteroatoms. The van der Waals surface area contributed by atoms with E-state index >= 15 is 0 Å². The van der Waals surface area contributed by atoms with Gasteiger partial charge in [0.25, 0.3) is 5.76 Å². The second kappa shape index (κ2) is 3.58. The van der Waals surface area contributed by atoms with E-state index in [0.29, 0.717) is 11.0 Å². The molecule has 0 saturated heterocycles. The number of rotatable bonds is 1. The predicted molar refractivity (Wildman–Crippen MR) is 56.9 cm³/mol. The number of furan rings is 1. The molecule has 1 N–H and O–H groups in total. The number of benzene rings is 1. The molecule has 2 rings (SSSR count). The fourth-order valence-electron chi connectivity index (χ4n) is 1.29. The third-order valence-corrected chi connectivity index (χ3v) is 2.49. The molecule has 0 aliphatic heterocycles. The third kappa shape index (κ3) is 1.59. The van der Waals surface area contributed by atoms with E-state index in [1.165, 1.54) is 7.11 Å². The Hall–Kier alpha value is -1.49. The summed E-state index contributed by atoms with van der Waals surface area (Å²) >= 11 is 3.26. The van der Waals surface area contributed by atoms with Crippen LogP contribution in [-0.2, 0) is 4.74 Å². The minimum Gasteiger partial charge on any atom is -0.504 e. The lowest BCUT2D eigenvalue weighted by molar-refractivity contribution is 0.0563. The van der Waals surface area contributed by atoms with Crippen molar-refractivity contribution in [1.29, 1.82) is 0 Å². The van der Waals surface area contributed by atoms with E-state index in [1.807, 2.05) is 0 Å². The van der Waals surface area contributed by atoms with Gasteiger partial charge >= 0.3 is 5.97 Å². The molecule has 2 aromatic rings. The first-order chi connectivity index (χ1) is 7.13. The Morgan fingerprint density at radius 1 is 1.53 bits per heavy atom. The van der Waals surface area contributed by atoms with Crippen molar-refractivity contribution < 1.29 is 19.1 Å². The van der Waals surface area contributed by atoms with Crippen LogP contribution < -0.4 is 0 Å². The number of methoxy groups -OCH3 is 1. The van der Waals surface area contributed by atoms with Crippen molar-refractivity contribution in [3.05, 3.63) is 28.4 Å². The van der Waals surface area contributed by atoms with Gasteiger partial charge in [-0.05, 0) is 18.2 Å². The Balaban J connectivity index is 2.69. The summed E-state index contributed by atoms with van der Waals surface area (Å²) in [6.45, 7) is 0. The lowest BCUT2D eigenvalue weighted by Crippen LogP contribution is -1.98. The van der Waals surface area contributed by atoms with E-state index in [0.717, 1.165) is 4.47 Å². The van der Waals surface area contributed by atoms with Gasteiger partial charge in [0.1, 0.15) is 5.58 Å². The molecule has 0 aliphatic rings. The molecule has 0 unspecified atom stereocenters. The van der Waals surface area contributed by atoms with Crippen LogP contribution >= 0.6 is 15.9 Å². The van der Waals surface area contributed by atoms with Crippen molar-refractivity contribution in [2.45, 2.75) is 0 Å². The quantitative estimate of drug-likeness (QED) is 0.810. The van der Waals surface area contributed by atoms with Crippen LogP contribution in [0.25, 0.3) is 11.0 Å². The number of aromatic hydroxyl groups is 1. The van der Waals surface area contributed by atoms with Crippen molar-refractivity contribution in [2.75, 3.05) is 7.11 Å². The van der Waals surface area contributed by atoms with Crippen LogP contribution in [0.4, 0.5) is 0 Å². The number of carbonyl (C=O) groups is 1. The fraction of sp³-hybridized carbons (Fsp3) is 0.100. The van der Waals surface area contributed by atoms with E-state index in [-0.39, 0.29) is 11.5 Å². The zero-order valence-electron chi connectivity index (χ0n) is 7.78. The van der Waals surface area contributed by atoms with E-state index in [4.69, 9.17) is 4.42 Å². The number of ether oxygens (including phenoxy) is 1. The van der Waals surface area contributed by atoms with Gasteiger partial charge in [-0.1, -0.05) is 15.9 Å². The summed E-state index contributed by atoms with van der Waals surface area (Å²) in [4.78, 5) is 11.2. The first-order valence-electron chi connectivity index (χ1n) is 4.13. The largest absolute Gasteiger partial charge is 0.504 e. The summed E-state index contributed by atoms with van der Waals surface area (Å²) < 4.78 is 10.4. The number of hydrogen-bond acceptors (Lipinski definition) is 4. The summed E-state index contributed by atoms with van der Waals surface area (Å²) in [5, 5.41) is 10.2. The Labute approximate surface area is 93.6 Å². The van der Waals surface area contributed by atoms with Gasteiger partial charge in [-0.2, -0.15) is 0 Å². The first-order valence-corrected chi connectivity index (χ1v) is 4.92. The Morgan fingerprint density at radius 2 is 2.27 bits per heavy atom. The van der Waals surface area contributed by atoms with Crippen molar-refractivity contribution in [3.63, 3.8) is 0 Å². The van der Waals surface area contributed by atoms with Crippen LogP contribution in [0.2, 0.25) is 0 Å². The molecule has 0 atom stereocenters. The van der Waals surface area contributed by atoms with Crippen molar-refractivity contribution in [1.82, 2.24) is 0 Å². The summed E-state index contributed by atoms with van der Waals surface area (Å²) in [7, 11) is 1.23. The highest BCUT2D eigenvalue weighted by atomic mass is 79.9. The average Bonchev–Trinajstić information content (AvgIpc) is 2.55. The van der Waals surface area contributed by atoms with Gasteiger partial charge in [0, 0.05) is 4.47 Å². The zero-order chi connectivity index (χ0) is 11.0. The number of fused-ring (bicyclic) bond motifs is 1. The molecule has 1 aromatic heterocycles. The van der Waals surface area contributed by atoms with Crippen LogP contribution in [0.15, 0.2) is 27.1 Å². The third-order valence-electron chi connectivity index (χ3n) is 1.99. The van der Waals surface area contributed by atoms with E-state index in [1.54, 1.807) is 18.2 Å². The zero-order valence-corrected chi connectivity index (χ0v) is 9.37. The van der Waals surface area contributed by atoms with Crippen LogP contribution in [0.1, 0.15) is 10.6 Å². The Morgan fingerprint density at radius 3 is 2.93 bits per heavy atom. The van der Waals surface area contributed by atoms with E-state index in [2.05, 4.69) is 20.7 Å². The van der Waals surface area contributed by atoms with Crippen molar-refractivity contribution >= 4 is 32.9 Å². The summed E-state index contributed by atoms with van der Waals surface area (Å²) in [5.41, 5.74) is 0.441. The molecule has 0 fully saturated rings. The minimum absolute atomic E-state index is 0.175. The molecular formula is C10H7BrO4. The maximum absolute atomic E-state index is 11.2. The SMILES string of the molecule is COC(=O)c1oc2ccc(Br)cc2c1O. The molecule has 0 amide bonds. The van der Waals surface area contributed by atoms with Crippen LogP contribution in [-0.4, -0.2) is 18.2 Å². The number of hydrogen-bond donors (Lipinski definition) is 1. The highest BCUT2D eigenvalue weighted by Gasteiger charge is 2.20. The van der Waals surface area contributed by atoms with Gasteiger partial charge in [-0.25, -0.2) is 4.79 Å². The van der Waals surface area contributed by atoms with E-state index < -0.39 is 5.97 Å². The number of esters is 1. The van der Waals surface area contributed by atoms with Crippen LogP contribution in [0.3, 0.4) is 0 Å². The van der Waals surface area contributed by atoms with E-state index in [9.17, 15) is 9.90 Å². The lowest BCUT2D eigenvalue weighted by atomic mass is 10.2. The Bertz CT molecular complexity index is 529. The van der Waals surface area contributed by atoms with Crippen molar-refractivity contribution in [3.8, 4) is 5.75 Å². The summed E-state index contributed by atoms with van der Waals surface area (Å²) in [6, 6.07) is 5.08. The number of halogens is 1. The predicted octanol–water partition coefficient (Wildman–Crippen LogP) is 2.69. The molecule has 15 heavy (non-hydrogen) atoms. The Kier molecular flexibility index (Phi) is 2.40. The monoisotopic (exact) mass is 270 g/mol. The van der Waals surface area contributed by atoms with Gasteiger partial charge in [-0.15, -0.1) is 0 Å². The smallest absolute Gasteiger partial charge is 0.377 e. The molecule has 0 spiro atoms. The summed E-state index contributed by atoms with van der Waals surface area (Å²) in [5.74, 6) is -1.07. The highest BCUT2D eigenvalue weighted by Crippen LogP contribution is 2.33. The van der Waals surface area contributed by atoms with Gasteiger partial charge in [0.05, 0.1) is 12.5 Å². The molecule has 0 radical (unpaired) electrons. The van der Waals surface area contributed by atoms with Gasteiger partial charge in [0.2, 0.25) is 0 Å². The topological polar surface area (TPSA) is 59.7 Å². The van der Waals surface area contributed by atoms with Crippen LogP contribution in [0.5, 0.6) is 5.75 Å². The van der Waals surface area contributed by atoms with Crippen molar-refractivity contribution in [2.24, 2.45) is 0 Å². The molecular weight excluding hydrogens is 264 g/mol. The normalized spacial score (nSPS) is 10.5. The maximum atomic E-state index is 11.2. The fourth-order valence-corrected chi connectivity index (χ4v) is 1.65. The molecule has 0 saturated carbocycles. The molecule has 0 bridgehead atoms. The second-order valence-electron chi connectivity index (χ2n) is 2.91. The molecule has 78 valence electrons. The summed E-state index contributed by atoms with van der Waals surface area (Å²) in [6.07, 6.45) is 0. The van der Waals surface area contributed by atoms with Gasteiger partial charge in [0.15, 0.2) is 5.75 Å². The highest BCUT2D eigenvalue weighted by molar-refractivity contribution is 9.10. The molecule has 0 aliphatic carbocycles. The second-order valence-corrected chi connectivity index (χ2v) is 3.83. The van der Waals surface area contributed by atoms with Crippen LogP contribution in [0, 0.1) is 0 Å². The van der Waals surface area contributed by atoms with Gasteiger partial charge in [-0.3, -0.25) is 0 Å². The standard InChI is InChI=1S/C10H7BrO4/c1-14-10(13)9-8(12)6-4-5(11)2-3-7(6)15-9/h2-4,12H,1H3. The lowest BCUT2D eigenvalue weighted by Gasteiger charge is -1.93. The molecule has 4 nitrogen and oxygen atoms in total.